The highest BCUT2D eigenvalue weighted by atomic mass is 79.9. The van der Waals surface area contributed by atoms with Crippen LogP contribution in [0.4, 0.5) is 14.5 Å². The molecule has 0 saturated heterocycles. The quantitative estimate of drug-likeness (QED) is 0.396. The first kappa shape index (κ1) is 15.8. The maximum atomic E-state index is 13.8. The van der Waals surface area contributed by atoms with Crippen LogP contribution in [0.15, 0.2) is 39.3 Å². The van der Waals surface area contributed by atoms with Gasteiger partial charge in [0.1, 0.15) is 24.0 Å². The van der Waals surface area contributed by atoms with Gasteiger partial charge < -0.3 is 4.74 Å². The SMILES string of the molecule is O=[N+]([O-])c1cc(Br)cc(OCc2c(F)ccc(Br)c2F)c1. The molecule has 0 aromatic heterocycles. The molecule has 0 radical (unpaired) electrons. The molecule has 110 valence electrons. The van der Waals surface area contributed by atoms with Crippen molar-refractivity contribution in [2.45, 2.75) is 6.61 Å². The minimum Gasteiger partial charge on any atom is -0.488 e. The van der Waals surface area contributed by atoms with Gasteiger partial charge >= 0.3 is 0 Å². The molecule has 4 nitrogen and oxygen atoms in total. The Labute approximate surface area is 135 Å². The Morgan fingerprint density at radius 1 is 1.19 bits per heavy atom. The fourth-order valence-electron chi connectivity index (χ4n) is 1.59. The number of non-ortho nitro benzene ring substituents is 1. The molecule has 0 fully saturated rings. The van der Waals surface area contributed by atoms with Gasteiger partial charge in [-0.2, -0.15) is 0 Å². The van der Waals surface area contributed by atoms with E-state index >= 15 is 0 Å². The Morgan fingerprint density at radius 2 is 1.90 bits per heavy atom. The summed E-state index contributed by atoms with van der Waals surface area (Å²) in [6.45, 7) is -0.384. The number of halogens is 4. The normalized spacial score (nSPS) is 10.5. The largest absolute Gasteiger partial charge is 0.488 e. The lowest BCUT2D eigenvalue weighted by atomic mass is 10.2. The van der Waals surface area contributed by atoms with Gasteiger partial charge in [-0.15, -0.1) is 0 Å². The Kier molecular flexibility index (Phi) is 4.89. The van der Waals surface area contributed by atoms with E-state index in [0.717, 1.165) is 6.07 Å². The maximum absolute atomic E-state index is 13.8. The predicted molar refractivity (Wildman–Crippen MR) is 79.2 cm³/mol. The minimum absolute atomic E-state index is 0.114. The summed E-state index contributed by atoms with van der Waals surface area (Å²) in [5.41, 5.74) is -0.443. The van der Waals surface area contributed by atoms with Crippen molar-refractivity contribution in [3.63, 3.8) is 0 Å². The van der Waals surface area contributed by atoms with Crippen LogP contribution in [0.3, 0.4) is 0 Å². The molecule has 0 aliphatic rings. The van der Waals surface area contributed by atoms with E-state index in [1.54, 1.807) is 0 Å². The zero-order valence-corrected chi connectivity index (χ0v) is 13.4. The molecule has 2 rings (SSSR count). The Balaban J connectivity index is 2.25. The molecular formula is C13H7Br2F2NO3. The van der Waals surface area contributed by atoms with Crippen LogP contribution in [0.5, 0.6) is 5.75 Å². The second kappa shape index (κ2) is 6.48. The zero-order valence-electron chi connectivity index (χ0n) is 10.3. The third-order valence-corrected chi connectivity index (χ3v) is 3.66. The zero-order chi connectivity index (χ0) is 15.6. The van der Waals surface area contributed by atoms with Crippen LogP contribution >= 0.6 is 31.9 Å². The first-order valence-corrected chi connectivity index (χ1v) is 7.17. The molecule has 0 bridgehead atoms. The number of nitro groups is 1. The number of nitrogens with zero attached hydrogens (tertiary/aromatic N) is 1. The van der Waals surface area contributed by atoms with E-state index in [-0.39, 0.29) is 28.1 Å². The van der Waals surface area contributed by atoms with Crippen LogP contribution in [0, 0.1) is 21.7 Å². The van der Waals surface area contributed by atoms with Crippen LogP contribution in [-0.4, -0.2) is 4.92 Å². The number of hydrogen-bond acceptors (Lipinski definition) is 3. The molecule has 21 heavy (non-hydrogen) atoms. The second-order valence-corrected chi connectivity index (χ2v) is 5.78. The third kappa shape index (κ3) is 3.76. The lowest BCUT2D eigenvalue weighted by Crippen LogP contribution is -2.03. The highest BCUT2D eigenvalue weighted by molar-refractivity contribution is 9.10. The molecule has 0 aliphatic heterocycles. The number of ether oxygens (including phenoxy) is 1. The monoisotopic (exact) mass is 421 g/mol. The maximum Gasteiger partial charge on any atom is 0.274 e. The van der Waals surface area contributed by atoms with Gasteiger partial charge in [0.2, 0.25) is 0 Å². The van der Waals surface area contributed by atoms with Crippen molar-refractivity contribution >= 4 is 37.5 Å². The highest BCUT2D eigenvalue weighted by Gasteiger charge is 2.14. The predicted octanol–water partition coefficient (Wildman–Crippen LogP) is 4.98. The van der Waals surface area contributed by atoms with E-state index in [0.29, 0.717) is 4.47 Å². The van der Waals surface area contributed by atoms with Gasteiger partial charge in [-0.25, -0.2) is 8.78 Å². The second-order valence-electron chi connectivity index (χ2n) is 4.01. The van der Waals surface area contributed by atoms with Crippen LogP contribution in [-0.2, 0) is 6.61 Å². The van der Waals surface area contributed by atoms with Crippen LogP contribution in [0.2, 0.25) is 0 Å². The molecule has 0 saturated carbocycles. The van der Waals surface area contributed by atoms with Gasteiger partial charge in [0.25, 0.3) is 5.69 Å². The van der Waals surface area contributed by atoms with E-state index in [9.17, 15) is 18.9 Å². The van der Waals surface area contributed by atoms with Crippen molar-refractivity contribution < 1.29 is 18.4 Å². The Morgan fingerprint density at radius 3 is 2.57 bits per heavy atom. The summed E-state index contributed by atoms with van der Waals surface area (Å²) in [6, 6.07) is 6.31. The highest BCUT2D eigenvalue weighted by Crippen LogP contribution is 2.28. The molecular weight excluding hydrogens is 416 g/mol. The molecule has 8 heteroatoms. The molecule has 0 spiro atoms. The summed E-state index contributed by atoms with van der Waals surface area (Å²) in [4.78, 5) is 10.2. The molecule has 0 aliphatic carbocycles. The van der Waals surface area contributed by atoms with E-state index in [1.165, 1.54) is 24.3 Å². The van der Waals surface area contributed by atoms with Gasteiger partial charge in [-0.3, -0.25) is 10.1 Å². The molecule has 0 heterocycles. The third-order valence-electron chi connectivity index (χ3n) is 2.59. The van der Waals surface area contributed by atoms with E-state index < -0.39 is 16.6 Å². The van der Waals surface area contributed by atoms with Crippen LogP contribution in [0.1, 0.15) is 5.56 Å². The summed E-state index contributed by atoms with van der Waals surface area (Å²) in [5, 5.41) is 10.7. The molecule has 0 unspecified atom stereocenters. The summed E-state index contributed by atoms with van der Waals surface area (Å²) in [7, 11) is 0. The van der Waals surface area contributed by atoms with Crippen molar-refractivity contribution in [3.05, 3.63) is 66.6 Å². The fourth-order valence-corrected chi connectivity index (χ4v) is 2.43. The van der Waals surface area contributed by atoms with Crippen LogP contribution in [0.25, 0.3) is 0 Å². The topological polar surface area (TPSA) is 52.4 Å². The molecule has 2 aromatic carbocycles. The van der Waals surface area contributed by atoms with E-state index in [1.807, 2.05) is 0 Å². The van der Waals surface area contributed by atoms with Gasteiger partial charge in [0.05, 0.1) is 21.0 Å². The number of rotatable bonds is 4. The Hall–Kier alpha value is -1.54. The van der Waals surface area contributed by atoms with E-state index in [4.69, 9.17) is 4.74 Å². The van der Waals surface area contributed by atoms with Crippen molar-refractivity contribution in [1.82, 2.24) is 0 Å². The van der Waals surface area contributed by atoms with Gasteiger partial charge in [0, 0.05) is 10.5 Å². The van der Waals surface area contributed by atoms with Crippen molar-refractivity contribution in [2.24, 2.45) is 0 Å². The van der Waals surface area contributed by atoms with Gasteiger partial charge in [-0.05, 0) is 34.1 Å². The summed E-state index contributed by atoms with van der Waals surface area (Å²) in [5.74, 6) is -1.38. The lowest BCUT2D eigenvalue weighted by Gasteiger charge is -2.09. The molecule has 0 atom stereocenters. The van der Waals surface area contributed by atoms with Gasteiger partial charge in [-0.1, -0.05) is 15.9 Å². The van der Waals surface area contributed by atoms with Gasteiger partial charge in [0.15, 0.2) is 0 Å². The first-order valence-electron chi connectivity index (χ1n) is 5.58. The summed E-state index contributed by atoms with van der Waals surface area (Å²) in [6.07, 6.45) is 0. The average Bonchev–Trinajstić information content (AvgIpc) is 2.42. The van der Waals surface area contributed by atoms with Crippen molar-refractivity contribution in [3.8, 4) is 5.75 Å². The lowest BCUT2D eigenvalue weighted by molar-refractivity contribution is -0.385. The fraction of sp³-hybridized carbons (Fsp3) is 0.0769. The van der Waals surface area contributed by atoms with Crippen molar-refractivity contribution in [1.29, 1.82) is 0 Å². The molecule has 0 amide bonds. The van der Waals surface area contributed by atoms with Crippen LogP contribution < -0.4 is 4.74 Å². The Bertz CT molecular complexity index is 710. The number of benzene rings is 2. The standard InChI is InChI=1S/C13H7Br2F2NO3/c14-7-3-8(18(19)20)5-9(4-7)21-6-10-12(16)2-1-11(15)13(10)17/h1-5H,6H2. The number of hydrogen-bond donors (Lipinski definition) is 0. The van der Waals surface area contributed by atoms with Crippen molar-refractivity contribution in [2.75, 3.05) is 0 Å². The summed E-state index contributed by atoms with van der Waals surface area (Å²) < 4.78 is 33.1. The average molecular weight is 423 g/mol. The molecule has 0 N–H and O–H groups in total. The smallest absolute Gasteiger partial charge is 0.274 e. The number of nitro benzene ring substituents is 1. The first-order chi connectivity index (χ1) is 9.88. The molecule has 2 aromatic rings. The minimum atomic E-state index is -0.764. The summed E-state index contributed by atoms with van der Waals surface area (Å²) >= 11 is 6.06. The van der Waals surface area contributed by atoms with E-state index in [2.05, 4.69) is 31.9 Å².